The Balaban J connectivity index is 1.55. The fraction of sp³-hybridized carbons (Fsp3) is 0.741. The number of carbonyl (C=O) groups is 1. The van der Waals surface area contributed by atoms with Crippen LogP contribution in [0.5, 0.6) is 0 Å². The van der Waals surface area contributed by atoms with Crippen LogP contribution in [0.2, 0.25) is 0 Å². The quantitative estimate of drug-likeness (QED) is 0.470. The maximum absolute atomic E-state index is 12.0. The molecule has 3 fully saturated rings. The topological polar surface area (TPSA) is 17.1 Å². The van der Waals surface area contributed by atoms with Crippen LogP contribution in [0.25, 0.3) is 0 Å². The summed E-state index contributed by atoms with van der Waals surface area (Å²) in [5.41, 5.74) is 3.70. The SMILES string of the molecule is CC(C)=C/C=C/[C@@H](C)[C@H]1CC[C@H]2[C@@H]3CCC4=CC(=O)CC[C@]4(C)[C@H]3CC[C@]12C. The number of allylic oxidation sites excluding steroid dienone is 5. The van der Waals surface area contributed by atoms with Crippen molar-refractivity contribution in [2.75, 3.05) is 0 Å². The molecule has 0 saturated heterocycles. The average Bonchev–Trinajstić information content (AvgIpc) is 2.99. The van der Waals surface area contributed by atoms with Crippen LogP contribution in [-0.2, 0) is 4.79 Å². The molecule has 4 aliphatic carbocycles. The molecule has 7 atom stereocenters. The Bertz CT molecular complexity index is 721. The van der Waals surface area contributed by atoms with Crippen LogP contribution in [0.3, 0.4) is 0 Å². The zero-order valence-electron chi connectivity index (χ0n) is 18.8. The maximum Gasteiger partial charge on any atom is 0.155 e. The Morgan fingerprint density at radius 1 is 1.07 bits per heavy atom. The van der Waals surface area contributed by atoms with E-state index in [0.29, 0.717) is 22.5 Å². The summed E-state index contributed by atoms with van der Waals surface area (Å²) in [4.78, 5) is 12.0. The van der Waals surface area contributed by atoms with Crippen LogP contribution in [0, 0.1) is 40.4 Å². The predicted octanol–water partition coefficient (Wildman–Crippen LogP) is 7.29. The summed E-state index contributed by atoms with van der Waals surface area (Å²) in [5, 5.41) is 0. The number of rotatable bonds is 3. The van der Waals surface area contributed by atoms with Crippen LogP contribution in [-0.4, -0.2) is 5.78 Å². The summed E-state index contributed by atoms with van der Waals surface area (Å²) < 4.78 is 0. The Kier molecular flexibility index (Phi) is 5.26. The van der Waals surface area contributed by atoms with E-state index in [9.17, 15) is 4.79 Å². The lowest BCUT2D eigenvalue weighted by atomic mass is 9.46. The lowest BCUT2D eigenvalue weighted by Crippen LogP contribution is -2.50. The molecule has 0 aromatic heterocycles. The Morgan fingerprint density at radius 3 is 2.61 bits per heavy atom. The first-order valence-electron chi connectivity index (χ1n) is 11.8. The molecule has 0 bridgehead atoms. The molecule has 0 spiro atoms. The molecule has 3 saturated carbocycles. The van der Waals surface area contributed by atoms with Gasteiger partial charge in [-0.3, -0.25) is 4.79 Å². The summed E-state index contributed by atoms with van der Waals surface area (Å²) in [5.74, 6) is 4.47. The zero-order chi connectivity index (χ0) is 20.1. The van der Waals surface area contributed by atoms with Gasteiger partial charge in [0.2, 0.25) is 0 Å². The second-order valence-corrected chi connectivity index (χ2v) is 11.2. The smallest absolute Gasteiger partial charge is 0.155 e. The summed E-state index contributed by atoms with van der Waals surface area (Å²) in [6.07, 6.45) is 19.0. The first kappa shape index (κ1) is 20.2. The third-order valence-corrected chi connectivity index (χ3v) is 9.51. The van der Waals surface area contributed by atoms with Crippen molar-refractivity contribution in [2.45, 2.75) is 86.0 Å². The molecular formula is C27H40O. The summed E-state index contributed by atoms with van der Waals surface area (Å²) in [6.45, 7) is 11.9. The van der Waals surface area contributed by atoms with Crippen molar-refractivity contribution in [3.8, 4) is 0 Å². The zero-order valence-corrected chi connectivity index (χ0v) is 18.8. The van der Waals surface area contributed by atoms with Crippen LogP contribution in [0.1, 0.15) is 86.0 Å². The highest BCUT2D eigenvalue weighted by Crippen LogP contribution is 2.67. The van der Waals surface area contributed by atoms with E-state index in [4.69, 9.17) is 0 Å². The Hall–Kier alpha value is -1.11. The summed E-state index contributed by atoms with van der Waals surface area (Å²) >= 11 is 0. The molecule has 1 heteroatoms. The fourth-order valence-electron chi connectivity index (χ4n) is 8.02. The Morgan fingerprint density at radius 2 is 1.86 bits per heavy atom. The van der Waals surface area contributed by atoms with Crippen LogP contribution < -0.4 is 0 Å². The van der Waals surface area contributed by atoms with Crippen LogP contribution in [0.15, 0.2) is 35.5 Å². The van der Waals surface area contributed by atoms with Crippen LogP contribution >= 0.6 is 0 Å². The molecule has 0 amide bonds. The molecule has 0 N–H and O–H groups in total. The summed E-state index contributed by atoms with van der Waals surface area (Å²) in [7, 11) is 0. The number of hydrogen-bond acceptors (Lipinski definition) is 1. The largest absolute Gasteiger partial charge is 0.295 e. The molecule has 0 radical (unpaired) electrons. The van der Waals surface area contributed by atoms with Crippen LogP contribution in [0.4, 0.5) is 0 Å². The lowest BCUT2D eigenvalue weighted by molar-refractivity contribution is -0.117. The molecule has 4 aliphatic rings. The number of ketones is 1. The van der Waals surface area contributed by atoms with Gasteiger partial charge in [-0.1, -0.05) is 50.1 Å². The van der Waals surface area contributed by atoms with E-state index in [1.165, 1.54) is 49.7 Å². The third-order valence-electron chi connectivity index (χ3n) is 9.51. The molecule has 0 heterocycles. The van der Waals surface area contributed by atoms with Crippen molar-refractivity contribution in [1.82, 2.24) is 0 Å². The van der Waals surface area contributed by atoms with Crippen molar-refractivity contribution in [1.29, 1.82) is 0 Å². The predicted molar refractivity (Wildman–Crippen MR) is 118 cm³/mol. The van der Waals surface area contributed by atoms with E-state index in [1.54, 1.807) is 0 Å². The Labute approximate surface area is 172 Å². The van der Waals surface area contributed by atoms with Gasteiger partial charge in [-0.15, -0.1) is 0 Å². The van der Waals surface area contributed by atoms with Gasteiger partial charge in [-0.25, -0.2) is 0 Å². The average molecular weight is 381 g/mol. The van der Waals surface area contributed by atoms with Gasteiger partial charge >= 0.3 is 0 Å². The van der Waals surface area contributed by atoms with Crippen molar-refractivity contribution < 1.29 is 4.79 Å². The lowest BCUT2D eigenvalue weighted by Gasteiger charge is -2.58. The van der Waals surface area contributed by atoms with Gasteiger partial charge < -0.3 is 0 Å². The first-order valence-corrected chi connectivity index (χ1v) is 11.8. The van der Waals surface area contributed by atoms with E-state index in [2.05, 4.69) is 52.8 Å². The van der Waals surface area contributed by atoms with Gasteiger partial charge in [0.1, 0.15) is 0 Å². The fourth-order valence-corrected chi connectivity index (χ4v) is 8.02. The van der Waals surface area contributed by atoms with E-state index < -0.39 is 0 Å². The minimum Gasteiger partial charge on any atom is -0.295 e. The van der Waals surface area contributed by atoms with Crippen molar-refractivity contribution in [3.63, 3.8) is 0 Å². The number of fused-ring (bicyclic) bond motifs is 5. The van der Waals surface area contributed by atoms with Crippen molar-refractivity contribution >= 4 is 5.78 Å². The first-order chi connectivity index (χ1) is 13.3. The minimum absolute atomic E-state index is 0.311. The second kappa shape index (κ2) is 7.29. The van der Waals surface area contributed by atoms with Gasteiger partial charge in [0.25, 0.3) is 0 Å². The molecule has 0 unspecified atom stereocenters. The highest BCUT2D eigenvalue weighted by Gasteiger charge is 2.59. The second-order valence-electron chi connectivity index (χ2n) is 11.2. The van der Waals surface area contributed by atoms with E-state index in [-0.39, 0.29) is 0 Å². The highest BCUT2D eigenvalue weighted by molar-refractivity contribution is 5.91. The van der Waals surface area contributed by atoms with E-state index >= 15 is 0 Å². The molecular weight excluding hydrogens is 340 g/mol. The molecule has 4 rings (SSSR count). The van der Waals surface area contributed by atoms with Crippen molar-refractivity contribution in [3.05, 3.63) is 35.5 Å². The molecule has 1 nitrogen and oxygen atoms in total. The molecule has 0 aromatic carbocycles. The normalized spacial score (nSPS) is 43.8. The van der Waals surface area contributed by atoms with Gasteiger partial charge in [0.15, 0.2) is 5.78 Å². The number of carbonyl (C=O) groups excluding carboxylic acids is 1. The monoisotopic (exact) mass is 380 g/mol. The van der Waals surface area contributed by atoms with Gasteiger partial charge in [0.05, 0.1) is 0 Å². The maximum atomic E-state index is 12.0. The molecule has 0 aromatic rings. The third kappa shape index (κ3) is 3.17. The van der Waals surface area contributed by atoms with E-state index in [1.807, 2.05) is 6.08 Å². The molecule has 28 heavy (non-hydrogen) atoms. The van der Waals surface area contributed by atoms with E-state index in [0.717, 1.165) is 36.5 Å². The number of hydrogen-bond donors (Lipinski definition) is 0. The van der Waals surface area contributed by atoms with Gasteiger partial charge in [-0.05, 0) is 105 Å². The van der Waals surface area contributed by atoms with Gasteiger partial charge in [0, 0.05) is 6.42 Å². The molecule has 0 aliphatic heterocycles. The highest BCUT2D eigenvalue weighted by atomic mass is 16.1. The minimum atomic E-state index is 0.311. The molecule has 154 valence electrons. The van der Waals surface area contributed by atoms with Crippen molar-refractivity contribution in [2.24, 2.45) is 40.4 Å². The summed E-state index contributed by atoms with van der Waals surface area (Å²) in [6, 6.07) is 0. The standard InChI is InChI=1S/C27H40O/c1-18(2)7-6-8-19(3)23-11-12-24-22-10-9-20-17-21(28)13-15-26(20,4)25(22)14-16-27(23,24)5/h6-8,17,19,22-25H,9-16H2,1-5H3/b8-6+/t19-,22+,23-,24+,25+,26+,27-/m1/s1. The van der Waals surface area contributed by atoms with Gasteiger partial charge in [-0.2, -0.15) is 0 Å².